The Morgan fingerprint density at radius 2 is 1.78 bits per heavy atom. The van der Waals surface area contributed by atoms with Crippen LogP contribution in [0.5, 0.6) is 5.75 Å². The molecule has 0 aliphatic carbocycles. The fourth-order valence-electron chi connectivity index (χ4n) is 4.21. The number of nitrogens with one attached hydrogen (secondary N) is 3. The van der Waals surface area contributed by atoms with Gasteiger partial charge in [-0.05, 0) is 80.3 Å². The lowest BCUT2D eigenvalue weighted by Gasteiger charge is -2.19. The van der Waals surface area contributed by atoms with E-state index in [1.807, 2.05) is 64.1 Å². The van der Waals surface area contributed by atoms with Crippen LogP contribution in [0.25, 0.3) is 32.9 Å². The molecule has 8 heteroatoms. The molecule has 0 aliphatic heterocycles. The summed E-state index contributed by atoms with van der Waals surface area (Å²) in [4.78, 5) is 27.5. The van der Waals surface area contributed by atoms with E-state index in [0.29, 0.717) is 30.6 Å². The van der Waals surface area contributed by atoms with Gasteiger partial charge in [-0.1, -0.05) is 19.1 Å². The molecule has 0 saturated carbocycles. The van der Waals surface area contributed by atoms with E-state index >= 15 is 0 Å². The lowest BCUT2D eigenvalue weighted by atomic mass is 9.97. The topological polar surface area (TPSA) is 129 Å². The summed E-state index contributed by atoms with van der Waals surface area (Å²) in [5, 5.41) is 17.9. The molecule has 8 nitrogen and oxygen atoms in total. The van der Waals surface area contributed by atoms with Gasteiger partial charge >= 0.3 is 6.09 Å². The van der Waals surface area contributed by atoms with Gasteiger partial charge in [0.25, 0.3) is 5.91 Å². The minimum Gasteiger partial charge on any atom is -0.508 e. The monoisotopic (exact) mass is 488 g/mol. The second-order valence-electron chi connectivity index (χ2n) is 9.75. The van der Waals surface area contributed by atoms with Crippen LogP contribution in [0.1, 0.15) is 43.6 Å². The summed E-state index contributed by atoms with van der Waals surface area (Å²) >= 11 is 0. The number of hydrogen-bond acceptors (Lipinski definition) is 5. The van der Waals surface area contributed by atoms with Crippen molar-refractivity contribution in [2.45, 2.75) is 39.7 Å². The van der Waals surface area contributed by atoms with E-state index in [1.165, 1.54) is 0 Å². The summed E-state index contributed by atoms with van der Waals surface area (Å²) in [7, 11) is 0. The van der Waals surface area contributed by atoms with Crippen molar-refractivity contribution in [2.24, 2.45) is 5.73 Å². The molecule has 0 unspecified atom stereocenters. The van der Waals surface area contributed by atoms with Crippen LogP contribution in [0.2, 0.25) is 0 Å². The fraction of sp³-hybridized carbons (Fsp3) is 0.286. The zero-order valence-corrected chi connectivity index (χ0v) is 21.0. The molecule has 0 spiro atoms. The van der Waals surface area contributed by atoms with Gasteiger partial charge in [-0.25, -0.2) is 4.79 Å². The first-order valence-electron chi connectivity index (χ1n) is 12.0. The highest BCUT2D eigenvalue weighted by atomic mass is 16.6. The van der Waals surface area contributed by atoms with Crippen LogP contribution in [0.3, 0.4) is 0 Å². The maximum absolute atomic E-state index is 12.3. The number of benzene rings is 3. The molecule has 0 saturated heterocycles. The van der Waals surface area contributed by atoms with Crippen LogP contribution in [-0.2, 0) is 11.2 Å². The number of aromatic amines is 1. The van der Waals surface area contributed by atoms with Gasteiger partial charge < -0.3 is 31.2 Å². The van der Waals surface area contributed by atoms with Gasteiger partial charge in [0.05, 0.1) is 11.1 Å². The van der Waals surface area contributed by atoms with Crippen molar-refractivity contribution in [3.8, 4) is 16.9 Å². The first-order valence-corrected chi connectivity index (χ1v) is 12.0. The molecule has 3 aromatic carbocycles. The van der Waals surface area contributed by atoms with Gasteiger partial charge in [-0.3, -0.25) is 4.79 Å². The van der Waals surface area contributed by atoms with E-state index in [1.54, 1.807) is 12.1 Å². The van der Waals surface area contributed by atoms with E-state index in [-0.39, 0.29) is 5.75 Å². The molecule has 4 aromatic rings. The third kappa shape index (κ3) is 5.38. The molecule has 0 bridgehead atoms. The van der Waals surface area contributed by atoms with Crippen molar-refractivity contribution in [3.63, 3.8) is 0 Å². The number of aromatic nitrogens is 1. The number of primary amides is 1. The van der Waals surface area contributed by atoms with Crippen LogP contribution in [0.4, 0.5) is 10.5 Å². The van der Waals surface area contributed by atoms with Gasteiger partial charge in [0.15, 0.2) is 0 Å². The smallest absolute Gasteiger partial charge is 0.407 e. The highest BCUT2D eigenvalue weighted by Crippen LogP contribution is 2.35. The highest BCUT2D eigenvalue weighted by Gasteiger charge is 2.17. The molecule has 1 aromatic heterocycles. The normalized spacial score (nSPS) is 11.6. The van der Waals surface area contributed by atoms with Crippen LogP contribution in [-0.4, -0.2) is 40.8 Å². The molecule has 4 rings (SSSR count). The van der Waals surface area contributed by atoms with E-state index in [9.17, 15) is 14.7 Å². The van der Waals surface area contributed by atoms with Crippen LogP contribution in [0, 0.1) is 0 Å². The maximum Gasteiger partial charge on any atom is 0.407 e. The zero-order chi connectivity index (χ0) is 26.0. The number of rotatable bonds is 7. The number of hydrogen-bond donors (Lipinski definition) is 5. The number of phenols is 1. The van der Waals surface area contributed by atoms with Crippen LogP contribution < -0.4 is 16.4 Å². The van der Waals surface area contributed by atoms with Crippen molar-refractivity contribution in [1.82, 2.24) is 10.3 Å². The third-order valence-corrected chi connectivity index (χ3v) is 5.89. The first kappa shape index (κ1) is 24.9. The largest absolute Gasteiger partial charge is 0.508 e. The van der Waals surface area contributed by atoms with Crippen molar-refractivity contribution in [1.29, 1.82) is 0 Å². The number of carbonyl (C=O) groups is 2. The first-order chi connectivity index (χ1) is 17.1. The summed E-state index contributed by atoms with van der Waals surface area (Å²) < 4.78 is 5.24. The predicted octanol–water partition coefficient (Wildman–Crippen LogP) is 5.29. The van der Waals surface area contributed by atoms with Crippen molar-refractivity contribution >= 4 is 39.5 Å². The molecule has 0 atom stereocenters. The molecular weight excluding hydrogens is 456 g/mol. The predicted molar refractivity (Wildman–Crippen MR) is 144 cm³/mol. The number of nitrogens with two attached hydrogens (primary N) is 1. The number of H-pyrrole nitrogens is 1. The van der Waals surface area contributed by atoms with Gasteiger partial charge in [0.1, 0.15) is 11.4 Å². The van der Waals surface area contributed by atoms with Crippen LogP contribution in [0.15, 0.2) is 48.5 Å². The van der Waals surface area contributed by atoms with Crippen molar-refractivity contribution < 1.29 is 19.4 Å². The van der Waals surface area contributed by atoms with Crippen molar-refractivity contribution in [3.05, 3.63) is 59.7 Å². The molecule has 0 fully saturated rings. The van der Waals surface area contributed by atoms with Crippen molar-refractivity contribution in [2.75, 3.05) is 18.4 Å². The summed E-state index contributed by atoms with van der Waals surface area (Å²) in [6.45, 7) is 8.36. The Balaban J connectivity index is 1.61. The van der Waals surface area contributed by atoms with E-state index < -0.39 is 17.6 Å². The number of anilines is 1. The lowest BCUT2D eigenvalue weighted by molar-refractivity contribution is 0.0530. The molecular formula is C28H32N4O4. The number of carbonyl (C=O) groups excluding carboxylic acids is 2. The summed E-state index contributed by atoms with van der Waals surface area (Å²) in [6.07, 6.45) is 0.241. The number of aromatic hydroxyl groups is 1. The minimum atomic E-state index is -0.539. The Bertz CT molecular complexity index is 1450. The van der Waals surface area contributed by atoms with Gasteiger partial charge in [0.2, 0.25) is 0 Å². The maximum atomic E-state index is 12.3. The molecule has 1 heterocycles. The van der Waals surface area contributed by atoms with Gasteiger partial charge in [-0.15, -0.1) is 0 Å². The van der Waals surface area contributed by atoms with E-state index in [0.717, 1.165) is 38.7 Å². The quantitative estimate of drug-likeness (QED) is 0.226. The highest BCUT2D eigenvalue weighted by molar-refractivity contribution is 6.16. The molecule has 2 amide bonds. The Morgan fingerprint density at radius 3 is 2.47 bits per heavy atom. The number of aryl methyl sites for hydroxylation is 1. The zero-order valence-electron chi connectivity index (χ0n) is 21.0. The molecule has 0 radical (unpaired) electrons. The number of ether oxygens (including phenoxy) is 1. The summed E-state index contributed by atoms with van der Waals surface area (Å²) in [6, 6.07) is 15.2. The Kier molecular flexibility index (Phi) is 6.79. The van der Waals surface area contributed by atoms with E-state index in [2.05, 4.69) is 15.6 Å². The minimum absolute atomic E-state index is 0.255. The lowest BCUT2D eigenvalue weighted by Crippen LogP contribution is -2.34. The van der Waals surface area contributed by atoms with Crippen LogP contribution >= 0.6 is 0 Å². The number of amides is 2. The molecule has 188 valence electrons. The van der Waals surface area contributed by atoms with Gasteiger partial charge in [-0.2, -0.15) is 0 Å². The Morgan fingerprint density at radius 1 is 1.00 bits per heavy atom. The molecule has 0 aliphatic rings. The Labute approximate surface area is 209 Å². The number of phenolic OH excluding ortho intramolecular Hbond substituents is 1. The average molecular weight is 489 g/mol. The Hall–Kier alpha value is -4.20. The summed E-state index contributed by atoms with van der Waals surface area (Å²) in [5.41, 5.74) is 10.6. The SMILES string of the molecule is CCc1cc(-c2cc(C(N)=O)c3[nH]c4cc(NCCNC(=O)OC(C)(C)C)ccc4c3c2)ccc1O. The average Bonchev–Trinajstić information content (AvgIpc) is 3.18. The number of fused-ring (bicyclic) bond motifs is 3. The molecule has 36 heavy (non-hydrogen) atoms. The third-order valence-electron chi connectivity index (χ3n) is 5.89. The van der Waals surface area contributed by atoms with Gasteiger partial charge in [0, 0.05) is 35.1 Å². The standard InChI is InChI=1S/C28H32N4O4/c1-5-16-12-17(6-9-24(16)33)18-13-21-20-8-7-19(30-10-11-31-27(35)36-28(2,3)4)15-23(20)32-25(21)22(14-18)26(29)34/h6-9,12-15,30,32-33H,5,10-11H2,1-4H3,(H2,29,34)(H,31,35). The summed E-state index contributed by atoms with van der Waals surface area (Å²) in [5.74, 6) is -0.264. The second kappa shape index (κ2) is 9.81. The van der Waals surface area contributed by atoms with E-state index in [4.69, 9.17) is 10.5 Å². The molecule has 6 N–H and O–H groups in total. The number of alkyl carbamates (subject to hydrolysis) is 1. The second-order valence-corrected chi connectivity index (χ2v) is 9.75. The fourth-order valence-corrected chi connectivity index (χ4v) is 4.21.